The van der Waals surface area contributed by atoms with E-state index in [0.717, 1.165) is 10.9 Å². The van der Waals surface area contributed by atoms with Crippen LogP contribution in [-0.4, -0.2) is 29.8 Å². The lowest BCUT2D eigenvalue weighted by molar-refractivity contribution is -0.130. The highest BCUT2D eigenvalue weighted by Gasteiger charge is 2.20. The molecule has 0 saturated carbocycles. The van der Waals surface area contributed by atoms with E-state index in [4.69, 9.17) is 0 Å². The molecule has 4 nitrogen and oxygen atoms in total. The maximum Gasteiger partial charge on any atom is 0.242 e. The lowest BCUT2D eigenvalue weighted by Crippen LogP contribution is -2.34. The molecule has 20 heavy (non-hydrogen) atoms. The number of amides is 2. The summed E-state index contributed by atoms with van der Waals surface area (Å²) in [6.07, 6.45) is 0.372. The Kier molecular flexibility index (Phi) is 3.37. The highest BCUT2D eigenvalue weighted by molar-refractivity contribution is 5.88. The third-order valence-corrected chi connectivity index (χ3v) is 3.64. The molecule has 1 aliphatic heterocycles. The second-order valence-electron chi connectivity index (χ2n) is 4.98. The van der Waals surface area contributed by atoms with Crippen molar-refractivity contribution < 1.29 is 9.59 Å². The molecule has 1 fully saturated rings. The van der Waals surface area contributed by atoms with Crippen molar-refractivity contribution in [2.45, 2.75) is 13.0 Å². The normalized spacial score (nSPS) is 16.1. The van der Waals surface area contributed by atoms with E-state index >= 15 is 0 Å². The fourth-order valence-electron chi connectivity index (χ4n) is 2.54. The zero-order valence-corrected chi connectivity index (χ0v) is 11.1. The van der Waals surface area contributed by atoms with Gasteiger partial charge >= 0.3 is 0 Å². The summed E-state index contributed by atoms with van der Waals surface area (Å²) in [7, 11) is 0. The van der Waals surface area contributed by atoms with Gasteiger partial charge in [0.15, 0.2) is 0 Å². The van der Waals surface area contributed by atoms with Crippen LogP contribution in [0.4, 0.5) is 0 Å². The molecule has 0 unspecified atom stereocenters. The SMILES string of the molecule is O=C1CCN(Cc2cccc3ccccc23)C(=O)CN1. The minimum atomic E-state index is -0.0567. The Bertz CT molecular complexity index is 661. The van der Waals surface area contributed by atoms with Crippen molar-refractivity contribution in [1.82, 2.24) is 10.2 Å². The minimum absolute atomic E-state index is 0.0243. The maximum atomic E-state index is 12.0. The number of hydrogen-bond acceptors (Lipinski definition) is 2. The van der Waals surface area contributed by atoms with Gasteiger partial charge in [0.25, 0.3) is 0 Å². The zero-order valence-electron chi connectivity index (χ0n) is 11.1. The van der Waals surface area contributed by atoms with Crippen molar-refractivity contribution >= 4 is 22.6 Å². The molecule has 1 aliphatic rings. The molecule has 1 N–H and O–H groups in total. The average molecular weight is 268 g/mol. The minimum Gasteiger partial charge on any atom is -0.347 e. The second kappa shape index (κ2) is 5.33. The lowest BCUT2D eigenvalue weighted by Gasteiger charge is -2.20. The van der Waals surface area contributed by atoms with Gasteiger partial charge in [-0.1, -0.05) is 42.5 Å². The van der Waals surface area contributed by atoms with E-state index in [0.29, 0.717) is 19.5 Å². The summed E-state index contributed by atoms with van der Waals surface area (Å²) in [5.41, 5.74) is 1.12. The molecule has 3 rings (SSSR count). The molecule has 0 bridgehead atoms. The van der Waals surface area contributed by atoms with Crippen molar-refractivity contribution in [2.75, 3.05) is 13.1 Å². The van der Waals surface area contributed by atoms with Crippen molar-refractivity contribution in [3.63, 3.8) is 0 Å². The van der Waals surface area contributed by atoms with Gasteiger partial charge in [-0.05, 0) is 16.3 Å². The average Bonchev–Trinajstić information content (AvgIpc) is 2.63. The molecule has 0 aromatic heterocycles. The molecule has 102 valence electrons. The number of carbonyl (C=O) groups excluding carboxylic acids is 2. The predicted molar refractivity (Wildman–Crippen MR) is 77.0 cm³/mol. The van der Waals surface area contributed by atoms with E-state index in [1.807, 2.05) is 24.3 Å². The number of nitrogens with one attached hydrogen (secondary N) is 1. The van der Waals surface area contributed by atoms with Gasteiger partial charge in [-0.25, -0.2) is 0 Å². The highest BCUT2D eigenvalue weighted by Crippen LogP contribution is 2.20. The summed E-state index contributed by atoms with van der Waals surface area (Å²) >= 11 is 0. The Morgan fingerprint density at radius 3 is 2.75 bits per heavy atom. The largest absolute Gasteiger partial charge is 0.347 e. The number of fused-ring (bicyclic) bond motifs is 1. The Morgan fingerprint density at radius 2 is 1.85 bits per heavy atom. The highest BCUT2D eigenvalue weighted by atomic mass is 16.2. The molecule has 1 heterocycles. The van der Waals surface area contributed by atoms with Gasteiger partial charge in [-0.2, -0.15) is 0 Å². The Hall–Kier alpha value is -2.36. The standard InChI is InChI=1S/C16H16N2O2/c19-15-8-9-18(16(20)10-17-15)11-13-6-3-5-12-4-1-2-7-14(12)13/h1-7H,8-11H2,(H,17,19). The Morgan fingerprint density at radius 1 is 1.05 bits per heavy atom. The molecular formula is C16H16N2O2. The summed E-state index contributed by atoms with van der Waals surface area (Å²) in [4.78, 5) is 25.1. The van der Waals surface area contributed by atoms with Crippen LogP contribution in [0.25, 0.3) is 10.8 Å². The van der Waals surface area contributed by atoms with Crippen molar-refractivity contribution in [3.05, 3.63) is 48.0 Å². The van der Waals surface area contributed by atoms with E-state index in [1.165, 1.54) is 5.39 Å². The van der Waals surface area contributed by atoms with Crippen LogP contribution in [0.2, 0.25) is 0 Å². The molecule has 4 heteroatoms. The van der Waals surface area contributed by atoms with Gasteiger partial charge < -0.3 is 10.2 Å². The monoisotopic (exact) mass is 268 g/mol. The van der Waals surface area contributed by atoms with Crippen LogP contribution in [0, 0.1) is 0 Å². The molecular weight excluding hydrogens is 252 g/mol. The fraction of sp³-hybridized carbons (Fsp3) is 0.250. The molecule has 0 spiro atoms. The quantitative estimate of drug-likeness (QED) is 0.901. The Labute approximate surface area is 117 Å². The lowest BCUT2D eigenvalue weighted by atomic mass is 10.0. The van der Waals surface area contributed by atoms with Gasteiger partial charge in [-0.3, -0.25) is 9.59 Å². The van der Waals surface area contributed by atoms with Crippen molar-refractivity contribution in [3.8, 4) is 0 Å². The number of benzene rings is 2. The maximum absolute atomic E-state index is 12.0. The van der Waals surface area contributed by atoms with E-state index in [9.17, 15) is 9.59 Å². The predicted octanol–water partition coefficient (Wildman–Crippen LogP) is 1.69. The van der Waals surface area contributed by atoms with Crippen LogP contribution in [0.3, 0.4) is 0 Å². The number of nitrogens with zero attached hydrogens (tertiary/aromatic N) is 1. The van der Waals surface area contributed by atoms with Crippen LogP contribution in [0.5, 0.6) is 0 Å². The summed E-state index contributed by atoms with van der Waals surface area (Å²) in [5, 5.41) is 4.94. The fourth-order valence-corrected chi connectivity index (χ4v) is 2.54. The topological polar surface area (TPSA) is 49.4 Å². The van der Waals surface area contributed by atoms with Gasteiger partial charge in [0.05, 0.1) is 6.54 Å². The van der Waals surface area contributed by atoms with Gasteiger partial charge in [-0.15, -0.1) is 0 Å². The Balaban J connectivity index is 1.89. The first kappa shape index (κ1) is 12.7. The molecule has 0 atom stereocenters. The number of rotatable bonds is 2. The first-order valence-electron chi connectivity index (χ1n) is 6.75. The third-order valence-electron chi connectivity index (χ3n) is 3.64. The molecule has 0 radical (unpaired) electrons. The van der Waals surface area contributed by atoms with E-state index in [-0.39, 0.29) is 18.4 Å². The van der Waals surface area contributed by atoms with Crippen LogP contribution in [-0.2, 0) is 16.1 Å². The smallest absolute Gasteiger partial charge is 0.242 e. The first-order chi connectivity index (χ1) is 9.74. The van der Waals surface area contributed by atoms with Gasteiger partial charge in [0, 0.05) is 19.5 Å². The van der Waals surface area contributed by atoms with E-state index in [2.05, 4.69) is 23.5 Å². The van der Waals surface area contributed by atoms with Crippen LogP contribution < -0.4 is 5.32 Å². The summed E-state index contributed by atoms with van der Waals surface area (Å²) in [6.45, 7) is 1.13. The zero-order chi connectivity index (χ0) is 13.9. The van der Waals surface area contributed by atoms with Gasteiger partial charge in [0.2, 0.25) is 11.8 Å². The molecule has 0 aliphatic carbocycles. The van der Waals surface area contributed by atoms with Crippen LogP contribution >= 0.6 is 0 Å². The number of hydrogen-bond donors (Lipinski definition) is 1. The van der Waals surface area contributed by atoms with E-state index in [1.54, 1.807) is 4.90 Å². The van der Waals surface area contributed by atoms with Crippen LogP contribution in [0.1, 0.15) is 12.0 Å². The van der Waals surface area contributed by atoms with Gasteiger partial charge in [0.1, 0.15) is 0 Å². The second-order valence-corrected chi connectivity index (χ2v) is 4.98. The van der Waals surface area contributed by atoms with Crippen molar-refractivity contribution in [1.29, 1.82) is 0 Å². The molecule has 2 aromatic rings. The third kappa shape index (κ3) is 2.50. The van der Waals surface area contributed by atoms with Crippen molar-refractivity contribution in [2.24, 2.45) is 0 Å². The summed E-state index contributed by atoms with van der Waals surface area (Å²) in [5.74, 6) is -0.0810. The summed E-state index contributed by atoms with van der Waals surface area (Å²) in [6, 6.07) is 14.2. The number of carbonyl (C=O) groups is 2. The summed E-state index contributed by atoms with van der Waals surface area (Å²) < 4.78 is 0. The molecule has 2 amide bonds. The molecule has 2 aromatic carbocycles. The van der Waals surface area contributed by atoms with Crippen LogP contribution in [0.15, 0.2) is 42.5 Å². The molecule has 1 saturated heterocycles. The van der Waals surface area contributed by atoms with E-state index < -0.39 is 0 Å². The first-order valence-corrected chi connectivity index (χ1v) is 6.75.